The Morgan fingerprint density at radius 2 is 2.00 bits per heavy atom. The van der Waals surface area contributed by atoms with E-state index in [1.54, 1.807) is 6.07 Å². The van der Waals surface area contributed by atoms with E-state index in [1.165, 1.54) is 0 Å². The first-order chi connectivity index (χ1) is 10.2. The van der Waals surface area contributed by atoms with Crippen molar-refractivity contribution in [1.82, 2.24) is 5.32 Å². The Morgan fingerprint density at radius 1 is 1.19 bits per heavy atom. The van der Waals surface area contributed by atoms with Crippen LogP contribution >= 0.6 is 0 Å². The normalized spacial score (nSPS) is 16.3. The number of hydrogen-bond acceptors (Lipinski definition) is 3. The van der Waals surface area contributed by atoms with Gasteiger partial charge in [0.25, 0.3) is 5.91 Å². The van der Waals surface area contributed by atoms with Crippen LogP contribution in [0, 0.1) is 6.92 Å². The van der Waals surface area contributed by atoms with Crippen LogP contribution in [-0.4, -0.2) is 25.2 Å². The predicted octanol–water partition coefficient (Wildman–Crippen LogP) is 2.56. The van der Waals surface area contributed by atoms with Crippen molar-refractivity contribution in [3.05, 3.63) is 59.7 Å². The maximum absolute atomic E-state index is 12.1. The third-order valence-corrected chi connectivity index (χ3v) is 3.34. The molecule has 3 rings (SSSR count). The molecule has 1 aliphatic rings. The zero-order valence-electron chi connectivity index (χ0n) is 11.8. The van der Waals surface area contributed by atoms with E-state index in [-0.39, 0.29) is 12.0 Å². The highest BCUT2D eigenvalue weighted by atomic mass is 16.6. The van der Waals surface area contributed by atoms with Gasteiger partial charge in [-0.05, 0) is 31.2 Å². The maximum Gasteiger partial charge on any atom is 0.251 e. The first-order valence-electron chi connectivity index (χ1n) is 6.96. The number of carbonyl (C=O) groups is 1. The lowest BCUT2D eigenvalue weighted by atomic mass is 10.1. The Kier molecular flexibility index (Phi) is 3.77. The van der Waals surface area contributed by atoms with Crippen LogP contribution in [0.15, 0.2) is 48.5 Å². The molecule has 0 fully saturated rings. The number of para-hydroxylation sites is 2. The molecule has 1 N–H and O–H groups in total. The number of rotatable bonds is 3. The molecule has 2 aromatic rings. The maximum atomic E-state index is 12.1. The van der Waals surface area contributed by atoms with E-state index >= 15 is 0 Å². The fourth-order valence-electron chi connectivity index (χ4n) is 2.26. The van der Waals surface area contributed by atoms with E-state index in [2.05, 4.69) is 5.32 Å². The molecule has 1 atom stereocenters. The lowest BCUT2D eigenvalue weighted by Crippen LogP contribution is -2.40. The molecule has 21 heavy (non-hydrogen) atoms. The SMILES string of the molecule is Cc1cccc(C(=O)NC[C@H]2COc3ccccc3O2)c1. The van der Waals surface area contributed by atoms with Gasteiger partial charge in [-0.2, -0.15) is 0 Å². The molecular weight excluding hydrogens is 266 g/mol. The smallest absolute Gasteiger partial charge is 0.251 e. The van der Waals surface area contributed by atoms with Crippen LogP contribution in [0.1, 0.15) is 15.9 Å². The molecule has 108 valence electrons. The van der Waals surface area contributed by atoms with E-state index in [0.717, 1.165) is 17.1 Å². The molecule has 0 aliphatic carbocycles. The van der Waals surface area contributed by atoms with E-state index < -0.39 is 0 Å². The summed E-state index contributed by atoms with van der Waals surface area (Å²) in [6.07, 6.45) is -0.173. The minimum Gasteiger partial charge on any atom is -0.486 e. The lowest BCUT2D eigenvalue weighted by molar-refractivity contribution is 0.0789. The van der Waals surface area contributed by atoms with E-state index in [4.69, 9.17) is 9.47 Å². The minimum atomic E-state index is -0.173. The van der Waals surface area contributed by atoms with Gasteiger partial charge in [-0.3, -0.25) is 4.79 Å². The van der Waals surface area contributed by atoms with Crippen molar-refractivity contribution in [3.8, 4) is 11.5 Å². The van der Waals surface area contributed by atoms with Crippen molar-refractivity contribution >= 4 is 5.91 Å². The van der Waals surface area contributed by atoms with Gasteiger partial charge in [0.15, 0.2) is 11.5 Å². The van der Waals surface area contributed by atoms with Gasteiger partial charge < -0.3 is 14.8 Å². The second-order valence-electron chi connectivity index (χ2n) is 5.08. The van der Waals surface area contributed by atoms with Crippen LogP contribution in [0.25, 0.3) is 0 Å². The van der Waals surface area contributed by atoms with Crippen molar-refractivity contribution in [1.29, 1.82) is 0 Å². The van der Waals surface area contributed by atoms with Crippen LogP contribution in [0.4, 0.5) is 0 Å². The van der Waals surface area contributed by atoms with Gasteiger partial charge in [0.05, 0.1) is 6.54 Å². The summed E-state index contributed by atoms with van der Waals surface area (Å²) in [6, 6.07) is 15.0. The van der Waals surface area contributed by atoms with Gasteiger partial charge in [-0.1, -0.05) is 29.8 Å². The van der Waals surface area contributed by atoms with Gasteiger partial charge in [0, 0.05) is 5.56 Å². The zero-order valence-corrected chi connectivity index (χ0v) is 11.8. The molecule has 4 nitrogen and oxygen atoms in total. The number of hydrogen-bond donors (Lipinski definition) is 1. The summed E-state index contributed by atoms with van der Waals surface area (Å²) in [5.41, 5.74) is 1.72. The summed E-state index contributed by atoms with van der Waals surface area (Å²) in [4.78, 5) is 12.1. The predicted molar refractivity (Wildman–Crippen MR) is 79.9 cm³/mol. The zero-order chi connectivity index (χ0) is 14.7. The van der Waals surface area contributed by atoms with Crippen molar-refractivity contribution in [2.45, 2.75) is 13.0 Å². The lowest BCUT2D eigenvalue weighted by Gasteiger charge is -2.26. The number of aryl methyl sites for hydroxylation is 1. The molecule has 0 aromatic heterocycles. The fraction of sp³-hybridized carbons (Fsp3) is 0.235. The van der Waals surface area contributed by atoms with Crippen LogP contribution in [0.2, 0.25) is 0 Å². The van der Waals surface area contributed by atoms with Crippen molar-refractivity contribution in [2.75, 3.05) is 13.2 Å². The summed E-state index contributed by atoms with van der Waals surface area (Å²) < 4.78 is 11.4. The molecule has 4 heteroatoms. The van der Waals surface area contributed by atoms with Crippen molar-refractivity contribution in [3.63, 3.8) is 0 Å². The Hall–Kier alpha value is -2.49. The third-order valence-electron chi connectivity index (χ3n) is 3.34. The minimum absolute atomic E-state index is 0.0961. The quantitative estimate of drug-likeness (QED) is 0.941. The standard InChI is InChI=1S/C17H17NO3/c1-12-5-4-6-13(9-12)17(19)18-10-14-11-20-15-7-2-3-8-16(15)21-14/h2-9,14H,10-11H2,1H3,(H,18,19)/t14-/m0/s1. The Balaban J connectivity index is 1.58. The topological polar surface area (TPSA) is 47.6 Å². The number of amides is 1. The van der Waals surface area contributed by atoms with Gasteiger partial charge >= 0.3 is 0 Å². The molecule has 0 unspecified atom stereocenters. The van der Waals surface area contributed by atoms with Crippen LogP contribution < -0.4 is 14.8 Å². The monoisotopic (exact) mass is 283 g/mol. The molecule has 1 heterocycles. The highest BCUT2D eigenvalue weighted by Crippen LogP contribution is 2.30. The highest BCUT2D eigenvalue weighted by molar-refractivity contribution is 5.94. The Morgan fingerprint density at radius 3 is 2.81 bits per heavy atom. The van der Waals surface area contributed by atoms with Gasteiger partial charge in [0.2, 0.25) is 0 Å². The Labute approximate surface area is 123 Å². The van der Waals surface area contributed by atoms with Gasteiger partial charge in [-0.25, -0.2) is 0 Å². The van der Waals surface area contributed by atoms with Gasteiger partial charge in [-0.15, -0.1) is 0 Å². The molecule has 1 aliphatic heterocycles. The number of carbonyl (C=O) groups excluding carboxylic acids is 1. The highest BCUT2D eigenvalue weighted by Gasteiger charge is 2.21. The van der Waals surface area contributed by atoms with Crippen LogP contribution in [0.5, 0.6) is 11.5 Å². The number of nitrogens with one attached hydrogen (secondary N) is 1. The molecule has 0 bridgehead atoms. The van der Waals surface area contributed by atoms with Gasteiger partial charge in [0.1, 0.15) is 12.7 Å². The van der Waals surface area contributed by atoms with Crippen LogP contribution in [-0.2, 0) is 0 Å². The molecule has 1 amide bonds. The fourth-order valence-corrected chi connectivity index (χ4v) is 2.26. The summed E-state index contributed by atoms with van der Waals surface area (Å²) in [5, 5.41) is 2.88. The van der Waals surface area contributed by atoms with E-state index in [0.29, 0.717) is 18.7 Å². The molecule has 2 aromatic carbocycles. The second kappa shape index (κ2) is 5.87. The molecule has 0 spiro atoms. The van der Waals surface area contributed by atoms with Crippen LogP contribution in [0.3, 0.4) is 0 Å². The number of fused-ring (bicyclic) bond motifs is 1. The molecular formula is C17H17NO3. The van der Waals surface area contributed by atoms with Crippen molar-refractivity contribution in [2.24, 2.45) is 0 Å². The average Bonchev–Trinajstić information content (AvgIpc) is 2.52. The molecule has 0 saturated carbocycles. The molecule has 0 saturated heterocycles. The average molecular weight is 283 g/mol. The largest absolute Gasteiger partial charge is 0.486 e. The summed E-state index contributed by atoms with van der Waals surface area (Å²) in [5.74, 6) is 1.37. The first kappa shape index (κ1) is 13.5. The molecule has 0 radical (unpaired) electrons. The van der Waals surface area contributed by atoms with E-state index in [1.807, 2.05) is 49.4 Å². The third kappa shape index (κ3) is 3.16. The number of benzene rings is 2. The summed E-state index contributed by atoms with van der Waals surface area (Å²) in [6.45, 7) is 2.82. The number of ether oxygens (including phenoxy) is 2. The Bertz CT molecular complexity index is 654. The van der Waals surface area contributed by atoms with E-state index in [9.17, 15) is 4.79 Å². The first-order valence-corrected chi connectivity index (χ1v) is 6.96. The summed E-state index contributed by atoms with van der Waals surface area (Å²) in [7, 11) is 0. The summed E-state index contributed by atoms with van der Waals surface area (Å²) >= 11 is 0. The second-order valence-corrected chi connectivity index (χ2v) is 5.08. The van der Waals surface area contributed by atoms with Crippen molar-refractivity contribution < 1.29 is 14.3 Å².